The summed E-state index contributed by atoms with van der Waals surface area (Å²) in [4.78, 5) is 22.2. The number of carbonyl (C=O) groups is 2. The minimum atomic E-state index is -0.527. The molecule has 0 bridgehead atoms. The number of nitrogens with two attached hydrogens (primary N) is 1. The summed E-state index contributed by atoms with van der Waals surface area (Å²) in [7, 11) is 0. The number of amides is 2. The van der Waals surface area contributed by atoms with Crippen molar-refractivity contribution in [2.24, 2.45) is 5.73 Å². The number of carbonyl (C=O) groups excluding carboxylic acids is 2. The predicted octanol–water partition coefficient (Wildman–Crippen LogP) is 0.760. The Morgan fingerprint density at radius 2 is 2.19 bits per heavy atom. The molecule has 1 aromatic carbocycles. The van der Waals surface area contributed by atoms with Crippen molar-refractivity contribution in [3.05, 3.63) is 29.8 Å². The maximum atomic E-state index is 11.3. The lowest BCUT2D eigenvalue weighted by Crippen LogP contribution is -2.18. The Hall–Kier alpha value is -1.88. The molecule has 0 saturated carbocycles. The Bertz CT molecular complexity index is 391. The van der Waals surface area contributed by atoms with Crippen molar-refractivity contribution >= 4 is 17.5 Å². The Labute approximate surface area is 93.6 Å². The monoisotopic (exact) mass is 222 g/mol. The summed E-state index contributed by atoms with van der Waals surface area (Å²) in [5.74, 6) is -0.788. The molecule has 0 fully saturated rings. The molecule has 0 unspecified atom stereocenters. The lowest BCUT2D eigenvalue weighted by atomic mass is 10.2. The van der Waals surface area contributed by atoms with Crippen molar-refractivity contribution < 1.29 is 14.3 Å². The van der Waals surface area contributed by atoms with Gasteiger partial charge in [0.15, 0.2) is 0 Å². The van der Waals surface area contributed by atoms with Crippen LogP contribution in [-0.2, 0) is 9.53 Å². The van der Waals surface area contributed by atoms with Crippen LogP contribution in [0.5, 0.6) is 0 Å². The van der Waals surface area contributed by atoms with E-state index in [1.165, 1.54) is 6.07 Å². The largest absolute Gasteiger partial charge is 0.372 e. The number of hydrogen-bond acceptors (Lipinski definition) is 3. The molecule has 1 aromatic rings. The molecule has 0 radical (unpaired) electrons. The van der Waals surface area contributed by atoms with E-state index in [4.69, 9.17) is 10.5 Å². The molecule has 0 atom stereocenters. The third-order valence-corrected chi connectivity index (χ3v) is 1.87. The van der Waals surface area contributed by atoms with Gasteiger partial charge in [-0.2, -0.15) is 0 Å². The Morgan fingerprint density at radius 3 is 2.81 bits per heavy atom. The molecule has 0 aliphatic carbocycles. The first-order valence-electron chi connectivity index (χ1n) is 4.91. The number of benzene rings is 1. The first kappa shape index (κ1) is 12.2. The van der Waals surface area contributed by atoms with Crippen molar-refractivity contribution in [3.8, 4) is 0 Å². The second kappa shape index (κ2) is 5.87. The van der Waals surface area contributed by atoms with E-state index in [-0.39, 0.29) is 12.5 Å². The first-order chi connectivity index (χ1) is 7.63. The smallest absolute Gasteiger partial charge is 0.250 e. The van der Waals surface area contributed by atoms with E-state index >= 15 is 0 Å². The minimum absolute atomic E-state index is 0.00268. The summed E-state index contributed by atoms with van der Waals surface area (Å²) < 4.78 is 4.94. The average Bonchev–Trinajstić information content (AvgIpc) is 2.26. The van der Waals surface area contributed by atoms with Crippen molar-refractivity contribution in [1.82, 2.24) is 0 Å². The van der Waals surface area contributed by atoms with Gasteiger partial charge in [-0.1, -0.05) is 6.07 Å². The van der Waals surface area contributed by atoms with E-state index in [0.717, 1.165) is 0 Å². The standard InChI is InChI=1S/C11H14N2O3/c1-2-16-7-10(14)13-9-5-3-4-8(6-9)11(12)15/h3-6H,2,7H2,1H3,(H2,12,15)(H,13,14). The molecule has 2 amide bonds. The first-order valence-corrected chi connectivity index (χ1v) is 4.91. The zero-order valence-electron chi connectivity index (χ0n) is 9.03. The predicted molar refractivity (Wildman–Crippen MR) is 60.1 cm³/mol. The molecule has 86 valence electrons. The van der Waals surface area contributed by atoms with Crippen LogP contribution >= 0.6 is 0 Å². The van der Waals surface area contributed by atoms with Gasteiger partial charge in [-0.3, -0.25) is 9.59 Å². The molecule has 0 aliphatic heterocycles. The van der Waals surface area contributed by atoms with E-state index < -0.39 is 5.91 Å². The second-order valence-electron chi connectivity index (χ2n) is 3.13. The van der Waals surface area contributed by atoms with Crippen LogP contribution in [0.3, 0.4) is 0 Å². The van der Waals surface area contributed by atoms with E-state index in [1.54, 1.807) is 25.1 Å². The quantitative estimate of drug-likeness (QED) is 0.771. The Balaban J connectivity index is 2.63. The van der Waals surface area contributed by atoms with Gasteiger partial charge in [-0.05, 0) is 25.1 Å². The summed E-state index contributed by atoms with van der Waals surface area (Å²) in [6.45, 7) is 2.28. The molecular formula is C11H14N2O3. The Morgan fingerprint density at radius 1 is 1.44 bits per heavy atom. The van der Waals surface area contributed by atoms with Crippen LogP contribution in [0.2, 0.25) is 0 Å². The van der Waals surface area contributed by atoms with E-state index in [9.17, 15) is 9.59 Å². The highest BCUT2D eigenvalue weighted by Gasteiger charge is 2.04. The van der Waals surface area contributed by atoms with E-state index in [2.05, 4.69) is 5.32 Å². The molecule has 16 heavy (non-hydrogen) atoms. The summed E-state index contributed by atoms with van der Waals surface area (Å²) in [6, 6.07) is 6.43. The molecule has 0 heterocycles. The molecular weight excluding hydrogens is 208 g/mol. The maximum Gasteiger partial charge on any atom is 0.250 e. The van der Waals surface area contributed by atoms with E-state index in [0.29, 0.717) is 17.9 Å². The highest BCUT2D eigenvalue weighted by Crippen LogP contribution is 2.09. The molecule has 0 aliphatic rings. The van der Waals surface area contributed by atoms with Gasteiger partial charge in [0.2, 0.25) is 11.8 Å². The molecule has 3 N–H and O–H groups in total. The van der Waals surface area contributed by atoms with Gasteiger partial charge in [0.05, 0.1) is 0 Å². The number of hydrogen-bond donors (Lipinski definition) is 2. The lowest BCUT2D eigenvalue weighted by Gasteiger charge is -2.05. The van der Waals surface area contributed by atoms with Gasteiger partial charge in [0, 0.05) is 17.9 Å². The SMILES string of the molecule is CCOCC(=O)Nc1cccc(C(N)=O)c1. The third-order valence-electron chi connectivity index (χ3n) is 1.87. The van der Waals surface area contributed by atoms with Crippen molar-refractivity contribution in [1.29, 1.82) is 0 Å². The number of rotatable bonds is 5. The molecule has 1 rings (SSSR count). The number of ether oxygens (including phenoxy) is 1. The average molecular weight is 222 g/mol. The van der Waals surface area contributed by atoms with Crippen LogP contribution in [0.25, 0.3) is 0 Å². The molecule has 0 spiro atoms. The van der Waals surface area contributed by atoms with Gasteiger partial charge in [-0.25, -0.2) is 0 Å². The maximum absolute atomic E-state index is 11.3. The number of nitrogens with one attached hydrogen (secondary N) is 1. The zero-order chi connectivity index (χ0) is 12.0. The fourth-order valence-corrected chi connectivity index (χ4v) is 1.14. The van der Waals surface area contributed by atoms with Gasteiger partial charge in [0.1, 0.15) is 6.61 Å². The molecule has 0 aromatic heterocycles. The number of primary amides is 1. The van der Waals surface area contributed by atoms with Crippen LogP contribution in [0, 0.1) is 0 Å². The number of anilines is 1. The van der Waals surface area contributed by atoms with Gasteiger partial charge in [-0.15, -0.1) is 0 Å². The van der Waals surface area contributed by atoms with Crippen LogP contribution in [0.4, 0.5) is 5.69 Å². The van der Waals surface area contributed by atoms with Crippen molar-refractivity contribution in [2.45, 2.75) is 6.92 Å². The molecule has 0 saturated heterocycles. The normalized spacial score (nSPS) is 9.81. The summed E-state index contributed by atoms with van der Waals surface area (Å²) >= 11 is 0. The molecule has 5 nitrogen and oxygen atoms in total. The van der Waals surface area contributed by atoms with Crippen LogP contribution < -0.4 is 11.1 Å². The highest BCUT2D eigenvalue weighted by atomic mass is 16.5. The highest BCUT2D eigenvalue weighted by molar-refractivity contribution is 5.96. The van der Waals surface area contributed by atoms with Crippen molar-refractivity contribution in [3.63, 3.8) is 0 Å². The fourth-order valence-electron chi connectivity index (χ4n) is 1.14. The summed E-state index contributed by atoms with van der Waals surface area (Å²) in [5, 5.41) is 2.60. The third kappa shape index (κ3) is 3.70. The van der Waals surface area contributed by atoms with Crippen LogP contribution in [0.15, 0.2) is 24.3 Å². The van der Waals surface area contributed by atoms with Gasteiger partial charge >= 0.3 is 0 Å². The summed E-state index contributed by atoms with van der Waals surface area (Å²) in [5.41, 5.74) is 6.00. The fraction of sp³-hybridized carbons (Fsp3) is 0.273. The van der Waals surface area contributed by atoms with Crippen LogP contribution in [0.1, 0.15) is 17.3 Å². The second-order valence-corrected chi connectivity index (χ2v) is 3.13. The topological polar surface area (TPSA) is 81.4 Å². The van der Waals surface area contributed by atoms with Gasteiger partial charge < -0.3 is 15.8 Å². The lowest BCUT2D eigenvalue weighted by molar-refractivity contribution is -0.120. The Kier molecular flexibility index (Phi) is 4.47. The summed E-state index contributed by atoms with van der Waals surface area (Å²) in [6.07, 6.45) is 0. The van der Waals surface area contributed by atoms with Gasteiger partial charge in [0.25, 0.3) is 0 Å². The van der Waals surface area contributed by atoms with Crippen molar-refractivity contribution in [2.75, 3.05) is 18.5 Å². The minimum Gasteiger partial charge on any atom is -0.372 e. The molecule has 5 heteroatoms. The van der Waals surface area contributed by atoms with Crippen LogP contribution in [-0.4, -0.2) is 25.0 Å². The van der Waals surface area contributed by atoms with E-state index in [1.807, 2.05) is 0 Å². The zero-order valence-corrected chi connectivity index (χ0v) is 9.03.